The normalized spacial score (nSPS) is 13.3. The Kier molecular flexibility index (Phi) is 7.61. The molecule has 3 N–H and O–H groups in total. The number of fused-ring (bicyclic) bond motifs is 1. The van der Waals surface area contributed by atoms with E-state index in [4.69, 9.17) is 17.3 Å². The van der Waals surface area contributed by atoms with Crippen molar-refractivity contribution < 1.29 is 37.1 Å². The zero-order valence-corrected chi connectivity index (χ0v) is 22.7. The molecule has 0 saturated heterocycles. The second kappa shape index (κ2) is 10.5. The molecule has 1 aliphatic rings. The van der Waals surface area contributed by atoms with Crippen molar-refractivity contribution in [2.45, 2.75) is 26.1 Å². The number of hydrogen-bond donors (Lipinski definition) is 2. The highest BCUT2D eigenvalue weighted by atomic mass is 35.5. The predicted octanol–water partition coefficient (Wildman–Crippen LogP) is 3.87. The summed E-state index contributed by atoms with van der Waals surface area (Å²) in [6, 6.07) is 6.11. The molecule has 14 heteroatoms. The van der Waals surface area contributed by atoms with Crippen LogP contribution in [0.4, 0.5) is 23.2 Å². The van der Waals surface area contributed by atoms with Crippen LogP contribution < -0.4 is 11.3 Å². The van der Waals surface area contributed by atoms with Gasteiger partial charge in [-0.2, -0.15) is 13.2 Å². The fourth-order valence-corrected chi connectivity index (χ4v) is 4.93. The molecule has 0 bridgehead atoms. The summed E-state index contributed by atoms with van der Waals surface area (Å²) in [6.45, 7) is 1.15. The molecule has 2 heterocycles. The first-order valence-corrected chi connectivity index (χ1v) is 12.4. The molecule has 0 fully saturated rings. The van der Waals surface area contributed by atoms with Crippen molar-refractivity contribution in [1.29, 1.82) is 0 Å². The highest BCUT2D eigenvalue weighted by Crippen LogP contribution is 2.35. The molecule has 3 aromatic rings. The van der Waals surface area contributed by atoms with Crippen LogP contribution in [-0.4, -0.2) is 63.9 Å². The zero-order chi connectivity index (χ0) is 30.5. The predicted molar refractivity (Wildman–Crippen MR) is 141 cm³/mol. The molecule has 9 nitrogen and oxygen atoms in total. The summed E-state index contributed by atoms with van der Waals surface area (Å²) >= 11 is 5.84. The van der Waals surface area contributed by atoms with E-state index in [0.29, 0.717) is 10.1 Å². The maximum atomic E-state index is 13.6. The Labute approximate surface area is 235 Å². The number of anilines is 1. The van der Waals surface area contributed by atoms with Gasteiger partial charge in [-0.1, -0.05) is 23.7 Å². The first kappa shape index (κ1) is 29.6. The Balaban J connectivity index is 1.95. The van der Waals surface area contributed by atoms with E-state index in [-0.39, 0.29) is 35.7 Å². The Morgan fingerprint density at radius 3 is 2.39 bits per heavy atom. The molecule has 216 valence electrons. The van der Waals surface area contributed by atoms with Crippen LogP contribution in [0.2, 0.25) is 5.02 Å². The summed E-state index contributed by atoms with van der Waals surface area (Å²) < 4.78 is 54.3. The van der Waals surface area contributed by atoms with E-state index in [0.717, 1.165) is 23.1 Å². The smallest absolute Gasteiger partial charge is 0.454 e. The molecule has 1 aromatic heterocycles. The molecule has 0 atom stereocenters. The molecule has 2 amide bonds. The summed E-state index contributed by atoms with van der Waals surface area (Å²) in [4.78, 5) is 55.0. The minimum atomic E-state index is -5.28. The van der Waals surface area contributed by atoms with E-state index in [2.05, 4.69) is 0 Å². The SMILES string of the molecule is Cc1ccc(-n2c(C(=O)N(C)C)c3c(c(O)c2=O)C(=O)N(Cc2ccc(F)c(Cl)c2)CC3)c(N)c1C(=O)C(F)(F)F. The van der Waals surface area contributed by atoms with Crippen LogP contribution in [0.3, 0.4) is 0 Å². The number of alkyl halides is 3. The molecular formula is C27H23ClF4N4O5. The van der Waals surface area contributed by atoms with Gasteiger partial charge < -0.3 is 20.6 Å². The van der Waals surface area contributed by atoms with Gasteiger partial charge in [0.1, 0.15) is 11.5 Å². The minimum absolute atomic E-state index is 0.00658. The van der Waals surface area contributed by atoms with Crippen molar-refractivity contribution in [2.75, 3.05) is 26.4 Å². The molecule has 0 saturated carbocycles. The van der Waals surface area contributed by atoms with E-state index < -0.39 is 69.1 Å². The van der Waals surface area contributed by atoms with Gasteiger partial charge >= 0.3 is 6.18 Å². The third kappa shape index (κ3) is 5.12. The van der Waals surface area contributed by atoms with Crippen LogP contribution in [-0.2, 0) is 13.0 Å². The monoisotopic (exact) mass is 594 g/mol. The number of carbonyl (C=O) groups excluding carboxylic acids is 3. The maximum Gasteiger partial charge on any atom is 0.454 e. The number of pyridine rings is 1. The van der Waals surface area contributed by atoms with Crippen LogP contribution in [0, 0.1) is 12.7 Å². The van der Waals surface area contributed by atoms with Gasteiger partial charge in [0, 0.05) is 32.7 Å². The lowest BCUT2D eigenvalue weighted by molar-refractivity contribution is -0.0885. The number of nitrogen functional groups attached to an aromatic ring is 1. The number of Topliss-reactive ketones (excluding diaryl/α,β-unsaturated/α-hetero) is 1. The summed E-state index contributed by atoms with van der Waals surface area (Å²) in [5.41, 5.74) is 2.01. The fraction of sp³-hybridized carbons (Fsp3) is 0.259. The maximum absolute atomic E-state index is 13.6. The van der Waals surface area contributed by atoms with Crippen LogP contribution >= 0.6 is 11.6 Å². The number of carbonyl (C=O) groups is 3. The van der Waals surface area contributed by atoms with Gasteiger partial charge in [-0.15, -0.1) is 0 Å². The van der Waals surface area contributed by atoms with Crippen LogP contribution in [0.15, 0.2) is 35.1 Å². The number of nitrogens with two attached hydrogens (primary N) is 1. The van der Waals surface area contributed by atoms with Crippen molar-refractivity contribution in [3.05, 3.63) is 85.0 Å². The lowest BCUT2D eigenvalue weighted by Crippen LogP contribution is -2.42. The van der Waals surface area contributed by atoms with Gasteiger partial charge in [0.05, 0.1) is 27.5 Å². The van der Waals surface area contributed by atoms with Gasteiger partial charge in [0.15, 0.2) is 5.75 Å². The number of aromatic hydroxyl groups is 1. The highest BCUT2D eigenvalue weighted by molar-refractivity contribution is 6.30. The molecule has 2 aromatic carbocycles. The molecule has 0 aliphatic carbocycles. The second-order valence-corrected chi connectivity index (χ2v) is 10.0. The second-order valence-electron chi connectivity index (χ2n) is 9.63. The van der Waals surface area contributed by atoms with E-state index in [1.54, 1.807) is 0 Å². The van der Waals surface area contributed by atoms with E-state index in [1.807, 2.05) is 0 Å². The van der Waals surface area contributed by atoms with Gasteiger partial charge in [0.2, 0.25) is 0 Å². The third-order valence-electron chi connectivity index (χ3n) is 6.71. The van der Waals surface area contributed by atoms with Gasteiger partial charge in [0.25, 0.3) is 23.2 Å². The summed E-state index contributed by atoms with van der Waals surface area (Å²) in [5.74, 6) is -5.60. The highest BCUT2D eigenvalue weighted by Gasteiger charge is 2.42. The number of halogens is 5. The van der Waals surface area contributed by atoms with Crippen molar-refractivity contribution in [3.63, 3.8) is 0 Å². The Morgan fingerprint density at radius 2 is 1.80 bits per heavy atom. The number of rotatable bonds is 5. The Hall–Kier alpha value is -4.39. The first-order chi connectivity index (χ1) is 19.1. The summed E-state index contributed by atoms with van der Waals surface area (Å²) in [6.07, 6.45) is -5.34. The third-order valence-corrected chi connectivity index (χ3v) is 7.00. The molecular weight excluding hydrogens is 572 g/mol. The van der Waals surface area contributed by atoms with Gasteiger partial charge in [-0.05, 0) is 42.7 Å². The van der Waals surface area contributed by atoms with Crippen molar-refractivity contribution in [2.24, 2.45) is 0 Å². The molecule has 0 spiro atoms. The fourth-order valence-electron chi connectivity index (χ4n) is 4.72. The first-order valence-electron chi connectivity index (χ1n) is 12.0. The van der Waals surface area contributed by atoms with Gasteiger partial charge in [-0.3, -0.25) is 23.7 Å². The zero-order valence-electron chi connectivity index (χ0n) is 21.9. The van der Waals surface area contributed by atoms with E-state index in [9.17, 15) is 41.8 Å². The molecule has 41 heavy (non-hydrogen) atoms. The number of nitrogens with zero attached hydrogens (tertiary/aromatic N) is 3. The Bertz CT molecular complexity index is 1680. The van der Waals surface area contributed by atoms with Crippen molar-refractivity contribution >= 4 is 34.9 Å². The number of benzene rings is 2. The average molecular weight is 595 g/mol. The van der Waals surface area contributed by atoms with Crippen LogP contribution in [0.5, 0.6) is 5.75 Å². The quantitative estimate of drug-likeness (QED) is 0.262. The standard InChI is InChI=1S/C27H23ClF4N4O5/c1-12-4-7-17(20(33)18(12)23(38)27(30,31)32)36-21(25(40)34(2)3)14-8-9-35(24(39)19(14)22(37)26(36)41)11-13-5-6-16(29)15(28)10-13/h4-7,10,37H,8-9,11,33H2,1-3H3. The topological polar surface area (TPSA) is 126 Å². The molecule has 0 unspecified atom stereocenters. The average Bonchev–Trinajstić information content (AvgIpc) is 2.89. The van der Waals surface area contributed by atoms with E-state index in [1.165, 1.54) is 38.1 Å². The lowest BCUT2D eigenvalue weighted by Gasteiger charge is -2.32. The van der Waals surface area contributed by atoms with Crippen LogP contribution in [0.1, 0.15) is 47.9 Å². The molecule has 0 radical (unpaired) electrons. The lowest BCUT2D eigenvalue weighted by atomic mass is 9.94. The number of aromatic nitrogens is 1. The Morgan fingerprint density at radius 1 is 1.15 bits per heavy atom. The van der Waals surface area contributed by atoms with Crippen LogP contribution in [0.25, 0.3) is 5.69 Å². The summed E-state index contributed by atoms with van der Waals surface area (Å²) in [5, 5.41) is 10.8. The number of ketones is 1. The number of amides is 2. The van der Waals surface area contributed by atoms with Crippen molar-refractivity contribution in [3.8, 4) is 11.4 Å². The molecule has 4 rings (SSSR count). The number of hydrogen-bond acceptors (Lipinski definition) is 6. The summed E-state index contributed by atoms with van der Waals surface area (Å²) in [7, 11) is 2.70. The van der Waals surface area contributed by atoms with Gasteiger partial charge in [-0.25, -0.2) is 4.39 Å². The van der Waals surface area contributed by atoms with Crippen molar-refractivity contribution in [1.82, 2.24) is 14.4 Å². The largest absolute Gasteiger partial charge is 0.502 e. The van der Waals surface area contributed by atoms with E-state index >= 15 is 0 Å². The molecule has 1 aliphatic heterocycles. The number of aryl methyl sites for hydroxylation is 1. The minimum Gasteiger partial charge on any atom is -0.502 e.